The van der Waals surface area contributed by atoms with Gasteiger partial charge in [-0.2, -0.15) is 0 Å². The number of benzene rings is 1. The molecule has 0 aromatic heterocycles. The number of phenols is 1. The lowest BCUT2D eigenvalue weighted by atomic mass is 9.52. The Morgan fingerprint density at radius 2 is 2.04 bits per heavy atom. The van der Waals surface area contributed by atoms with Gasteiger partial charge in [0.1, 0.15) is 6.10 Å². The van der Waals surface area contributed by atoms with Crippen LogP contribution in [0.4, 0.5) is 0 Å². The molecule has 26 heavy (non-hydrogen) atoms. The molecule has 1 saturated heterocycles. The van der Waals surface area contributed by atoms with Gasteiger partial charge in [0, 0.05) is 24.2 Å². The maximum Gasteiger partial charge on any atom is 0.165 e. The van der Waals surface area contributed by atoms with Gasteiger partial charge in [-0.3, -0.25) is 4.90 Å². The van der Waals surface area contributed by atoms with Crippen LogP contribution < -0.4 is 10.5 Å². The molecule has 2 saturated carbocycles. The number of phenolic OH excluding ortho intramolecular Hbond substituents is 1. The van der Waals surface area contributed by atoms with E-state index in [2.05, 4.69) is 18.7 Å². The van der Waals surface area contributed by atoms with Crippen LogP contribution in [-0.4, -0.2) is 52.0 Å². The van der Waals surface area contributed by atoms with Crippen LogP contribution in [0.25, 0.3) is 0 Å². The molecule has 3 fully saturated rings. The molecule has 0 bridgehead atoms. The van der Waals surface area contributed by atoms with Crippen molar-refractivity contribution in [1.82, 2.24) is 4.90 Å². The van der Waals surface area contributed by atoms with E-state index in [0.29, 0.717) is 12.2 Å². The minimum atomic E-state index is -0.884. The number of aryl methyl sites for hydroxylation is 1. The van der Waals surface area contributed by atoms with Gasteiger partial charge in [0.05, 0.1) is 11.0 Å². The van der Waals surface area contributed by atoms with Crippen molar-refractivity contribution in [2.75, 3.05) is 13.1 Å². The minimum absolute atomic E-state index is 0.0585. The van der Waals surface area contributed by atoms with Crippen LogP contribution >= 0.6 is 0 Å². The van der Waals surface area contributed by atoms with E-state index in [0.717, 1.165) is 43.0 Å². The fraction of sp³-hybridized carbons (Fsp3) is 0.714. The number of likely N-dealkylation sites (tertiary alicyclic amines) is 1. The Labute approximate surface area is 155 Å². The van der Waals surface area contributed by atoms with Gasteiger partial charge in [-0.05, 0) is 70.0 Å². The van der Waals surface area contributed by atoms with E-state index in [4.69, 9.17) is 10.5 Å². The van der Waals surface area contributed by atoms with Crippen LogP contribution in [0.15, 0.2) is 12.1 Å². The maximum atomic E-state index is 12.1. The third-order valence-corrected chi connectivity index (χ3v) is 7.76. The lowest BCUT2D eigenvalue weighted by Crippen LogP contribution is -2.75. The highest BCUT2D eigenvalue weighted by Gasteiger charge is 2.69. The van der Waals surface area contributed by atoms with Gasteiger partial charge in [-0.25, -0.2) is 0 Å². The number of rotatable bonds is 2. The monoisotopic (exact) mass is 358 g/mol. The van der Waals surface area contributed by atoms with E-state index in [1.807, 2.05) is 6.07 Å². The maximum absolute atomic E-state index is 12.1. The molecule has 0 amide bonds. The van der Waals surface area contributed by atoms with E-state index < -0.39 is 11.0 Å². The lowest BCUT2D eigenvalue weighted by molar-refractivity contribution is -0.179. The Kier molecular flexibility index (Phi) is 3.48. The van der Waals surface area contributed by atoms with Gasteiger partial charge in [0.25, 0.3) is 0 Å². The predicted molar refractivity (Wildman–Crippen MR) is 99.5 cm³/mol. The van der Waals surface area contributed by atoms with E-state index >= 15 is 0 Å². The van der Waals surface area contributed by atoms with E-state index in [9.17, 15) is 10.2 Å². The van der Waals surface area contributed by atoms with Crippen LogP contribution in [0.1, 0.15) is 50.2 Å². The van der Waals surface area contributed by atoms with Gasteiger partial charge < -0.3 is 20.7 Å². The first-order chi connectivity index (χ1) is 12.4. The summed E-state index contributed by atoms with van der Waals surface area (Å²) in [4.78, 5) is 2.48. The molecule has 2 aliphatic carbocycles. The van der Waals surface area contributed by atoms with Gasteiger partial charge >= 0.3 is 0 Å². The molecule has 1 aromatic carbocycles. The Morgan fingerprint density at radius 1 is 1.27 bits per heavy atom. The summed E-state index contributed by atoms with van der Waals surface area (Å²) in [5, 5.41) is 22.6. The van der Waals surface area contributed by atoms with Crippen LogP contribution in [0.3, 0.4) is 0 Å². The molecule has 5 nitrogen and oxygen atoms in total. The topological polar surface area (TPSA) is 79.0 Å². The Hall–Kier alpha value is -1.30. The van der Waals surface area contributed by atoms with Crippen LogP contribution in [0.2, 0.25) is 0 Å². The number of aromatic hydroxyl groups is 1. The van der Waals surface area contributed by atoms with Crippen LogP contribution in [0.5, 0.6) is 11.5 Å². The quantitative estimate of drug-likeness (QED) is 0.754. The number of hydrogen-bond acceptors (Lipinski definition) is 5. The summed E-state index contributed by atoms with van der Waals surface area (Å²) in [5.41, 5.74) is 7.17. The predicted octanol–water partition coefficient (Wildman–Crippen LogP) is 2.06. The summed E-state index contributed by atoms with van der Waals surface area (Å²) in [7, 11) is 0. The van der Waals surface area contributed by atoms with Crippen molar-refractivity contribution < 1.29 is 14.9 Å². The fourth-order valence-electron chi connectivity index (χ4n) is 6.15. The molecule has 142 valence electrons. The normalized spacial score (nSPS) is 41.9. The van der Waals surface area contributed by atoms with Crippen molar-refractivity contribution in [3.8, 4) is 11.5 Å². The second kappa shape index (κ2) is 5.37. The number of nitrogens with two attached hydrogens (primary N) is 1. The van der Waals surface area contributed by atoms with Crippen molar-refractivity contribution >= 4 is 0 Å². The van der Waals surface area contributed by atoms with Gasteiger partial charge in [0.15, 0.2) is 11.5 Å². The number of hydrogen-bond donors (Lipinski definition) is 3. The smallest absolute Gasteiger partial charge is 0.165 e. The van der Waals surface area contributed by atoms with Crippen molar-refractivity contribution in [3.05, 3.63) is 23.3 Å². The third-order valence-electron chi connectivity index (χ3n) is 7.76. The van der Waals surface area contributed by atoms with Crippen LogP contribution in [-0.2, 0) is 5.41 Å². The zero-order valence-electron chi connectivity index (χ0n) is 15.7. The van der Waals surface area contributed by atoms with Gasteiger partial charge in [0.2, 0.25) is 0 Å². The molecule has 5 atom stereocenters. The SMILES string of the molecule is Cc1ccc(O)c2c1[C@@]13CCN(CC4CC4)[C@@H](C)[C@@]1(O)CCC(N)[C@H]3O2. The number of nitrogens with zero attached hydrogens (tertiary/aromatic N) is 1. The molecule has 4 N–H and O–H groups in total. The largest absolute Gasteiger partial charge is 0.504 e. The van der Waals surface area contributed by atoms with E-state index in [1.54, 1.807) is 6.07 Å². The Balaban J connectivity index is 1.66. The Morgan fingerprint density at radius 3 is 2.77 bits per heavy atom. The summed E-state index contributed by atoms with van der Waals surface area (Å²) in [5.74, 6) is 1.51. The van der Waals surface area contributed by atoms with Gasteiger partial charge in [-0.1, -0.05) is 6.07 Å². The molecule has 2 aliphatic heterocycles. The van der Waals surface area contributed by atoms with Gasteiger partial charge in [-0.15, -0.1) is 0 Å². The first kappa shape index (κ1) is 16.8. The molecule has 5 heteroatoms. The fourth-order valence-corrected chi connectivity index (χ4v) is 6.15. The second-order valence-corrected chi connectivity index (χ2v) is 9.11. The molecule has 0 radical (unpaired) electrons. The molecular formula is C21H30N2O3. The molecular weight excluding hydrogens is 328 g/mol. The van der Waals surface area contributed by atoms with Crippen molar-refractivity contribution in [2.24, 2.45) is 11.7 Å². The number of ether oxygens (including phenoxy) is 1. The number of aliphatic hydroxyl groups is 1. The molecule has 1 unspecified atom stereocenters. The van der Waals surface area contributed by atoms with Crippen LogP contribution in [0, 0.1) is 12.8 Å². The lowest BCUT2D eigenvalue weighted by Gasteiger charge is -2.61. The van der Waals surface area contributed by atoms with Crippen molar-refractivity contribution in [3.63, 3.8) is 0 Å². The molecule has 5 rings (SSSR count). The second-order valence-electron chi connectivity index (χ2n) is 9.11. The Bertz CT molecular complexity index is 749. The average molecular weight is 358 g/mol. The standard InChI is InChI=1S/C21H30N2O3/c1-12-3-6-16(24)18-17(12)20-9-10-23(11-14-4-5-14)13(2)21(20,25)8-7-15(22)19(20)26-18/h3,6,13-15,19,24-25H,4-5,7-11,22H2,1-2H3/t13-,15?,19+,20+,21-/m0/s1. The zero-order chi connectivity index (χ0) is 18.3. The highest BCUT2D eigenvalue weighted by atomic mass is 16.5. The summed E-state index contributed by atoms with van der Waals surface area (Å²) in [6.45, 7) is 6.26. The molecule has 1 spiro atoms. The van der Waals surface area contributed by atoms with Crippen molar-refractivity contribution in [2.45, 2.75) is 75.2 Å². The summed E-state index contributed by atoms with van der Waals surface area (Å²) in [6, 6.07) is 3.57. The highest BCUT2D eigenvalue weighted by Crippen LogP contribution is 2.62. The first-order valence-corrected chi connectivity index (χ1v) is 10.1. The highest BCUT2D eigenvalue weighted by molar-refractivity contribution is 5.60. The molecule has 1 aromatic rings. The minimum Gasteiger partial charge on any atom is -0.504 e. The van der Waals surface area contributed by atoms with Crippen molar-refractivity contribution in [1.29, 1.82) is 0 Å². The number of fused-ring (bicyclic) bond motifs is 1. The van der Waals surface area contributed by atoms with E-state index in [-0.39, 0.29) is 23.9 Å². The number of piperidine rings is 1. The summed E-state index contributed by atoms with van der Waals surface area (Å²) in [6.07, 6.45) is 4.63. The third kappa shape index (κ3) is 1.97. The summed E-state index contributed by atoms with van der Waals surface area (Å²) < 4.78 is 6.28. The zero-order valence-corrected chi connectivity index (χ0v) is 15.7. The molecule has 2 heterocycles. The average Bonchev–Trinajstić information content (AvgIpc) is 3.35. The first-order valence-electron chi connectivity index (χ1n) is 10.1. The van der Waals surface area contributed by atoms with E-state index in [1.165, 1.54) is 12.8 Å². The molecule has 4 aliphatic rings. The summed E-state index contributed by atoms with van der Waals surface area (Å²) >= 11 is 0.